The largest absolute Gasteiger partial charge is 0.416 e. The molecule has 3 aromatic rings. The van der Waals surface area contributed by atoms with Crippen LogP contribution in [0.25, 0.3) is 0 Å². The van der Waals surface area contributed by atoms with Crippen molar-refractivity contribution in [3.05, 3.63) is 70.0 Å². The molecule has 1 aromatic carbocycles. The number of benzene rings is 1. The number of anilines is 2. The molecule has 0 atom stereocenters. The number of likely N-dealkylation sites (tertiary alicyclic amines) is 1. The minimum atomic E-state index is -4.58. The van der Waals surface area contributed by atoms with Gasteiger partial charge in [-0.05, 0) is 75.7 Å². The number of nitrogens with zero attached hydrogens (tertiary/aromatic N) is 4. The number of urea groups is 1. The van der Waals surface area contributed by atoms with Crippen LogP contribution in [-0.4, -0.2) is 64.9 Å². The van der Waals surface area contributed by atoms with Crippen molar-refractivity contribution in [1.82, 2.24) is 19.8 Å². The van der Waals surface area contributed by atoms with Crippen molar-refractivity contribution in [3.8, 4) is 11.8 Å². The topological polar surface area (TPSA) is 90.5 Å². The number of amides is 3. The third-order valence-electron chi connectivity index (χ3n) is 6.41. The SMILES string of the molecule is Cc1ccc(NC(=O)c2cc(C(F)(F)F)ccn2)cc1C#Cc1cnc(NC(=O)N(C)C2CCN(C)CC2)s1. The van der Waals surface area contributed by atoms with Gasteiger partial charge in [-0.25, -0.2) is 9.78 Å². The van der Waals surface area contributed by atoms with Crippen molar-refractivity contribution in [1.29, 1.82) is 0 Å². The summed E-state index contributed by atoms with van der Waals surface area (Å²) >= 11 is 1.24. The zero-order chi connectivity index (χ0) is 28.2. The van der Waals surface area contributed by atoms with E-state index in [1.54, 1.807) is 36.3 Å². The van der Waals surface area contributed by atoms with Gasteiger partial charge in [0.05, 0.1) is 16.6 Å². The number of rotatable bonds is 4. The molecule has 0 bridgehead atoms. The Labute approximate surface area is 228 Å². The molecule has 8 nitrogen and oxygen atoms in total. The van der Waals surface area contributed by atoms with Crippen LogP contribution in [0, 0.1) is 18.8 Å². The third kappa shape index (κ3) is 7.34. The Bertz CT molecular complexity index is 1420. The van der Waals surface area contributed by atoms with Crippen LogP contribution in [0.15, 0.2) is 42.7 Å². The van der Waals surface area contributed by atoms with Gasteiger partial charge in [-0.15, -0.1) is 0 Å². The molecule has 3 heterocycles. The maximum atomic E-state index is 13.0. The predicted octanol–water partition coefficient (Wildman–Crippen LogP) is 5.08. The van der Waals surface area contributed by atoms with Crippen molar-refractivity contribution in [2.24, 2.45) is 0 Å². The lowest BCUT2D eigenvalue weighted by Gasteiger charge is -2.34. The van der Waals surface area contributed by atoms with E-state index in [0.717, 1.165) is 43.8 Å². The average Bonchev–Trinajstić information content (AvgIpc) is 3.35. The number of pyridine rings is 1. The van der Waals surface area contributed by atoms with E-state index in [0.29, 0.717) is 27.3 Å². The summed E-state index contributed by atoms with van der Waals surface area (Å²) in [6.45, 7) is 3.75. The molecule has 1 fully saturated rings. The fraction of sp³-hybridized carbons (Fsp3) is 0.333. The molecule has 1 saturated heterocycles. The number of piperidine rings is 1. The summed E-state index contributed by atoms with van der Waals surface area (Å²) in [4.78, 5) is 37.8. The van der Waals surface area contributed by atoms with Gasteiger partial charge in [0.25, 0.3) is 5.91 Å². The Balaban J connectivity index is 1.40. The number of hydrogen-bond donors (Lipinski definition) is 2. The molecule has 12 heteroatoms. The average molecular weight is 557 g/mol. The van der Waals surface area contributed by atoms with Crippen molar-refractivity contribution in [2.75, 3.05) is 37.8 Å². The fourth-order valence-electron chi connectivity index (χ4n) is 4.01. The molecular formula is C27H27F3N6O2S. The van der Waals surface area contributed by atoms with Crippen molar-refractivity contribution in [3.63, 3.8) is 0 Å². The summed E-state index contributed by atoms with van der Waals surface area (Å²) in [6.07, 6.45) is -0.216. The van der Waals surface area contributed by atoms with Crippen LogP contribution in [0.1, 0.15) is 44.9 Å². The molecule has 0 radical (unpaired) electrons. The molecule has 0 spiro atoms. The van der Waals surface area contributed by atoms with E-state index < -0.39 is 17.6 Å². The fourth-order valence-corrected chi connectivity index (χ4v) is 4.67. The minimum Gasteiger partial charge on any atom is -0.324 e. The van der Waals surface area contributed by atoms with Gasteiger partial charge in [-0.1, -0.05) is 23.3 Å². The Morgan fingerprint density at radius 1 is 1.10 bits per heavy atom. The monoisotopic (exact) mass is 556 g/mol. The van der Waals surface area contributed by atoms with Crippen molar-refractivity contribution >= 4 is 34.1 Å². The molecule has 39 heavy (non-hydrogen) atoms. The van der Waals surface area contributed by atoms with Gasteiger partial charge in [0.2, 0.25) is 0 Å². The number of thiazole rings is 1. The number of halogens is 3. The third-order valence-corrected chi connectivity index (χ3v) is 7.24. The molecule has 2 aromatic heterocycles. The first kappa shape index (κ1) is 28.1. The van der Waals surface area contributed by atoms with Crippen LogP contribution in [0.5, 0.6) is 0 Å². The number of hydrogen-bond acceptors (Lipinski definition) is 6. The first-order valence-corrected chi connectivity index (χ1v) is 13.0. The van der Waals surface area contributed by atoms with Crippen molar-refractivity contribution < 1.29 is 22.8 Å². The Kier molecular flexibility index (Phi) is 8.52. The van der Waals surface area contributed by atoms with Gasteiger partial charge in [-0.3, -0.25) is 15.1 Å². The van der Waals surface area contributed by atoms with E-state index in [9.17, 15) is 22.8 Å². The molecule has 1 aliphatic heterocycles. The van der Waals surface area contributed by atoms with E-state index in [1.165, 1.54) is 11.3 Å². The lowest BCUT2D eigenvalue weighted by Crippen LogP contribution is -2.46. The summed E-state index contributed by atoms with van der Waals surface area (Å²) in [5, 5.41) is 5.84. The van der Waals surface area contributed by atoms with Gasteiger partial charge < -0.3 is 15.1 Å². The van der Waals surface area contributed by atoms with Gasteiger partial charge in [-0.2, -0.15) is 13.2 Å². The van der Waals surface area contributed by atoms with E-state index in [2.05, 4.69) is 44.4 Å². The molecule has 0 aliphatic carbocycles. The standard InChI is InChI=1S/C27H27F3N6O2S/c1-17-4-6-20(33-24(37)23-15-19(8-11-31-23)27(28,29)30)14-18(17)5-7-22-16-32-25(39-22)34-26(38)36(3)21-9-12-35(2)13-10-21/h4,6,8,11,14-16,21H,9-10,12-13H2,1-3H3,(H,33,37)(H,32,34,38). The summed E-state index contributed by atoms with van der Waals surface area (Å²) < 4.78 is 38.9. The molecule has 204 valence electrons. The predicted molar refractivity (Wildman–Crippen MR) is 144 cm³/mol. The van der Waals surface area contributed by atoms with Crippen molar-refractivity contribution in [2.45, 2.75) is 32.0 Å². The van der Waals surface area contributed by atoms with Crippen LogP contribution < -0.4 is 10.6 Å². The smallest absolute Gasteiger partial charge is 0.324 e. The second-order valence-corrected chi connectivity index (χ2v) is 10.3. The second-order valence-electron chi connectivity index (χ2n) is 9.27. The molecule has 1 aliphatic rings. The lowest BCUT2D eigenvalue weighted by molar-refractivity contribution is -0.137. The zero-order valence-electron chi connectivity index (χ0n) is 21.6. The first-order valence-electron chi connectivity index (χ1n) is 12.1. The van der Waals surface area contributed by atoms with Crippen LogP contribution in [-0.2, 0) is 6.18 Å². The Morgan fingerprint density at radius 2 is 1.85 bits per heavy atom. The van der Waals surface area contributed by atoms with E-state index >= 15 is 0 Å². The molecule has 3 amide bonds. The summed E-state index contributed by atoms with van der Waals surface area (Å²) in [7, 11) is 3.86. The van der Waals surface area contributed by atoms with Crippen LogP contribution in [0.2, 0.25) is 0 Å². The number of aromatic nitrogens is 2. The number of nitrogens with one attached hydrogen (secondary N) is 2. The number of carbonyl (C=O) groups excluding carboxylic acids is 2. The van der Waals surface area contributed by atoms with E-state index in [4.69, 9.17) is 0 Å². The second kappa shape index (κ2) is 11.8. The zero-order valence-corrected chi connectivity index (χ0v) is 22.4. The maximum absolute atomic E-state index is 13.0. The number of aryl methyl sites for hydroxylation is 1. The Morgan fingerprint density at radius 3 is 2.56 bits per heavy atom. The summed E-state index contributed by atoms with van der Waals surface area (Å²) in [6, 6.07) is 6.49. The summed E-state index contributed by atoms with van der Waals surface area (Å²) in [5.74, 6) is 5.28. The molecular weight excluding hydrogens is 529 g/mol. The summed E-state index contributed by atoms with van der Waals surface area (Å²) in [5.41, 5.74) is 0.523. The molecule has 0 unspecified atom stereocenters. The highest BCUT2D eigenvalue weighted by molar-refractivity contribution is 7.16. The Hall–Kier alpha value is -3.95. The highest BCUT2D eigenvalue weighted by atomic mass is 32.1. The highest BCUT2D eigenvalue weighted by Gasteiger charge is 2.31. The van der Waals surface area contributed by atoms with Gasteiger partial charge >= 0.3 is 12.2 Å². The van der Waals surface area contributed by atoms with Crippen LogP contribution >= 0.6 is 11.3 Å². The van der Waals surface area contributed by atoms with E-state index in [1.807, 2.05) is 6.92 Å². The molecule has 4 rings (SSSR count). The normalized spacial score (nSPS) is 14.3. The number of carbonyl (C=O) groups is 2. The van der Waals surface area contributed by atoms with Gasteiger partial charge in [0.1, 0.15) is 5.69 Å². The lowest BCUT2D eigenvalue weighted by atomic mass is 10.0. The van der Waals surface area contributed by atoms with Gasteiger partial charge in [0.15, 0.2) is 5.13 Å². The minimum absolute atomic E-state index is 0.181. The van der Waals surface area contributed by atoms with Crippen LogP contribution in [0.4, 0.5) is 28.8 Å². The maximum Gasteiger partial charge on any atom is 0.416 e. The molecule has 0 saturated carbocycles. The van der Waals surface area contributed by atoms with E-state index in [-0.39, 0.29) is 17.8 Å². The quantitative estimate of drug-likeness (QED) is 0.438. The molecule has 2 N–H and O–H groups in total. The number of alkyl halides is 3. The first-order chi connectivity index (χ1) is 18.5. The van der Waals surface area contributed by atoms with Crippen LogP contribution in [0.3, 0.4) is 0 Å². The highest BCUT2D eigenvalue weighted by Crippen LogP contribution is 2.29. The van der Waals surface area contributed by atoms with Gasteiger partial charge in [0, 0.05) is 30.5 Å².